The third-order valence-electron chi connectivity index (χ3n) is 3.23. The zero-order chi connectivity index (χ0) is 15.4. The molecule has 2 aromatic rings. The number of amides is 1. The molecule has 0 spiro atoms. The van der Waals surface area contributed by atoms with E-state index < -0.39 is 6.10 Å². The number of halogens is 2. The van der Waals surface area contributed by atoms with Gasteiger partial charge in [0.25, 0.3) is 5.91 Å². The van der Waals surface area contributed by atoms with Crippen molar-refractivity contribution in [2.75, 3.05) is 25.0 Å². The van der Waals surface area contributed by atoms with Gasteiger partial charge in [-0.2, -0.15) is 0 Å². The first kappa shape index (κ1) is 17.9. The quantitative estimate of drug-likeness (QED) is 0.809. The summed E-state index contributed by atoms with van der Waals surface area (Å²) < 4.78 is 8.08. The lowest BCUT2D eigenvalue weighted by atomic mass is 10.2. The molecule has 124 valence electrons. The third-order valence-corrected chi connectivity index (χ3v) is 3.72. The Morgan fingerprint density at radius 1 is 1.52 bits per heavy atom. The summed E-state index contributed by atoms with van der Waals surface area (Å²) in [6, 6.07) is 7.95. The lowest BCUT2D eigenvalue weighted by molar-refractivity contribution is -0.128. The van der Waals surface area contributed by atoms with Crippen LogP contribution in [0.2, 0.25) is 0 Å². The second-order valence-corrected chi connectivity index (χ2v) is 5.86. The molecule has 0 bridgehead atoms. The first-order chi connectivity index (χ1) is 10.7. The van der Waals surface area contributed by atoms with Gasteiger partial charge in [-0.1, -0.05) is 28.1 Å². The minimum absolute atomic E-state index is 0. The second kappa shape index (κ2) is 8.39. The number of nitrogens with zero attached hydrogens (tertiary/aromatic N) is 3. The van der Waals surface area contributed by atoms with Crippen LogP contribution in [-0.4, -0.2) is 46.5 Å². The topological polar surface area (TPSA) is 81.1 Å². The normalized spacial score (nSPS) is 17.3. The van der Waals surface area contributed by atoms with Crippen LogP contribution in [0.1, 0.15) is 5.56 Å². The van der Waals surface area contributed by atoms with E-state index in [0.29, 0.717) is 19.7 Å². The Hall–Kier alpha value is -1.48. The predicted molar refractivity (Wildman–Crippen MR) is 91.8 cm³/mol. The SMILES string of the molecule is Cl.O=C(Nc1ncn(Cc2cccc(Br)c2)n1)C1CNCCO1. The van der Waals surface area contributed by atoms with Gasteiger partial charge < -0.3 is 10.1 Å². The number of ether oxygens (including phenoxy) is 1. The molecular formula is C14H17BrClN5O2. The molecule has 1 saturated heterocycles. The van der Waals surface area contributed by atoms with Crippen molar-refractivity contribution in [2.45, 2.75) is 12.6 Å². The van der Waals surface area contributed by atoms with E-state index in [1.165, 1.54) is 0 Å². The van der Waals surface area contributed by atoms with Crippen molar-refractivity contribution >= 4 is 40.2 Å². The number of rotatable bonds is 4. The molecule has 2 heterocycles. The van der Waals surface area contributed by atoms with Gasteiger partial charge in [-0.05, 0) is 17.7 Å². The van der Waals surface area contributed by atoms with Crippen LogP contribution in [0.3, 0.4) is 0 Å². The van der Waals surface area contributed by atoms with Crippen molar-refractivity contribution in [1.82, 2.24) is 20.1 Å². The molecule has 2 N–H and O–H groups in total. The van der Waals surface area contributed by atoms with E-state index in [4.69, 9.17) is 4.74 Å². The first-order valence-electron chi connectivity index (χ1n) is 6.98. The zero-order valence-electron chi connectivity index (χ0n) is 12.2. The van der Waals surface area contributed by atoms with Crippen molar-refractivity contribution < 1.29 is 9.53 Å². The van der Waals surface area contributed by atoms with E-state index in [9.17, 15) is 4.79 Å². The number of benzene rings is 1. The average molecular weight is 403 g/mol. The third kappa shape index (κ3) is 5.00. The Balaban J connectivity index is 0.00000192. The van der Waals surface area contributed by atoms with Gasteiger partial charge >= 0.3 is 0 Å². The highest BCUT2D eigenvalue weighted by atomic mass is 79.9. The van der Waals surface area contributed by atoms with Crippen LogP contribution < -0.4 is 10.6 Å². The summed E-state index contributed by atoms with van der Waals surface area (Å²) in [6.07, 6.45) is 1.10. The highest BCUT2D eigenvalue weighted by Gasteiger charge is 2.22. The smallest absolute Gasteiger partial charge is 0.257 e. The van der Waals surface area contributed by atoms with E-state index in [1.807, 2.05) is 24.3 Å². The number of morpholine rings is 1. The summed E-state index contributed by atoms with van der Waals surface area (Å²) in [5.41, 5.74) is 1.09. The summed E-state index contributed by atoms with van der Waals surface area (Å²) in [6.45, 7) is 2.39. The lowest BCUT2D eigenvalue weighted by Crippen LogP contribution is -2.45. The number of nitrogens with one attached hydrogen (secondary N) is 2. The summed E-state index contributed by atoms with van der Waals surface area (Å²) in [5, 5.41) is 10.0. The second-order valence-electron chi connectivity index (χ2n) is 4.95. The summed E-state index contributed by atoms with van der Waals surface area (Å²) >= 11 is 3.44. The van der Waals surface area contributed by atoms with Crippen LogP contribution in [0.5, 0.6) is 0 Å². The maximum Gasteiger partial charge on any atom is 0.257 e. The van der Waals surface area contributed by atoms with Crippen LogP contribution in [-0.2, 0) is 16.1 Å². The van der Waals surface area contributed by atoms with Gasteiger partial charge in [0.2, 0.25) is 5.95 Å². The minimum atomic E-state index is -0.495. The molecule has 1 atom stereocenters. The number of hydrogen-bond acceptors (Lipinski definition) is 5. The molecule has 9 heteroatoms. The van der Waals surface area contributed by atoms with Gasteiger partial charge in [0.15, 0.2) is 0 Å². The van der Waals surface area contributed by atoms with E-state index >= 15 is 0 Å². The number of hydrogen-bond donors (Lipinski definition) is 2. The fraction of sp³-hybridized carbons (Fsp3) is 0.357. The monoisotopic (exact) mass is 401 g/mol. The number of carbonyl (C=O) groups is 1. The van der Waals surface area contributed by atoms with Crippen molar-refractivity contribution in [3.8, 4) is 0 Å². The first-order valence-corrected chi connectivity index (χ1v) is 7.77. The highest BCUT2D eigenvalue weighted by Crippen LogP contribution is 2.12. The maximum atomic E-state index is 12.0. The van der Waals surface area contributed by atoms with Crippen molar-refractivity contribution in [1.29, 1.82) is 0 Å². The van der Waals surface area contributed by atoms with Gasteiger partial charge in [-0.3, -0.25) is 10.1 Å². The predicted octanol–water partition coefficient (Wildman–Crippen LogP) is 1.44. The molecule has 23 heavy (non-hydrogen) atoms. The van der Waals surface area contributed by atoms with E-state index in [0.717, 1.165) is 16.6 Å². The molecule has 7 nitrogen and oxygen atoms in total. The molecule has 1 aliphatic heterocycles. The van der Waals surface area contributed by atoms with Crippen LogP contribution in [0.4, 0.5) is 5.95 Å². The molecule has 1 aromatic carbocycles. The molecule has 1 amide bonds. The Morgan fingerprint density at radius 3 is 3.13 bits per heavy atom. The largest absolute Gasteiger partial charge is 0.366 e. The van der Waals surface area contributed by atoms with Crippen LogP contribution in [0, 0.1) is 0 Å². The van der Waals surface area contributed by atoms with Gasteiger partial charge in [0.1, 0.15) is 12.4 Å². The number of carbonyl (C=O) groups excluding carboxylic acids is 1. The Labute approximate surface area is 148 Å². The Morgan fingerprint density at radius 2 is 2.39 bits per heavy atom. The van der Waals surface area contributed by atoms with E-state index in [1.54, 1.807) is 11.0 Å². The van der Waals surface area contributed by atoms with E-state index in [-0.39, 0.29) is 24.3 Å². The zero-order valence-corrected chi connectivity index (χ0v) is 14.6. The molecule has 1 aliphatic rings. The van der Waals surface area contributed by atoms with Crippen molar-refractivity contribution in [3.63, 3.8) is 0 Å². The lowest BCUT2D eigenvalue weighted by Gasteiger charge is -2.21. The van der Waals surface area contributed by atoms with Gasteiger partial charge in [-0.15, -0.1) is 17.5 Å². The molecule has 0 aliphatic carbocycles. The molecule has 1 aromatic heterocycles. The standard InChI is InChI=1S/C14H16BrN5O2.ClH/c15-11-3-1-2-10(6-11)8-20-9-17-14(19-20)18-13(21)12-7-16-4-5-22-12;/h1-3,6,9,12,16H,4-5,7-8H2,(H,18,19,21);1H. The fourth-order valence-corrected chi connectivity index (χ4v) is 2.62. The van der Waals surface area contributed by atoms with E-state index in [2.05, 4.69) is 36.6 Å². The van der Waals surface area contributed by atoms with Gasteiger partial charge in [0.05, 0.1) is 13.2 Å². The fourth-order valence-electron chi connectivity index (χ4n) is 2.17. The Bertz CT molecular complexity index is 660. The summed E-state index contributed by atoms with van der Waals surface area (Å²) in [7, 11) is 0. The van der Waals surface area contributed by atoms with Crippen LogP contribution in [0.15, 0.2) is 35.1 Å². The van der Waals surface area contributed by atoms with Crippen molar-refractivity contribution in [3.05, 3.63) is 40.6 Å². The van der Waals surface area contributed by atoms with Crippen LogP contribution in [0.25, 0.3) is 0 Å². The molecule has 0 saturated carbocycles. The maximum absolute atomic E-state index is 12.0. The van der Waals surface area contributed by atoms with Gasteiger partial charge in [0, 0.05) is 17.6 Å². The van der Waals surface area contributed by atoms with Crippen molar-refractivity contribution in [2.24, 2.45) is 0 Å². The summed E-state index contributed by atoms with van der Waals surface area (Å²) in [4.78, 5) is 16.1. The molecule has 1 unspecified atom stereocenters. The number of anilines is 1. The molecule has 3 rings (SSSR count). The molecular weight excluding hydrogens is 386 g/mol. The van der Waals surface area contributed by atoms with Crippen LogP contribution >= 0.6 is 28.3 Å². The number of aromatic nitrogens is 3. The summed E-state index contributed by atoms with van der Waals surface area (Å²) in [5.74, 6) is 0.0570. The van der Waals surface area contributed by atoms with Gasteiger partial charge in [-0.25, -0.2) is 9.67 Å². The average Bonchev–Trinajstić information content (AvgIpc) is 2.95. The molecule has 0 radical (unpaired) electrons. The minimum Gasteiger partial charge on any atom is -0.366 e. The molecule has 1 fully saturated rings. The Kier molecular flexibility index (Phi) is 6.52. The highest BCUT2D eigenvalue weighted by molar-refractivity contribution is 9.10.